The number of fused-ring (bicyclic) bond motifs is 1. The molecule has 0 aliphatic rings. The fraction of sp³-hybridized carbons (Fsp3) is 0.278. The monoisotopic (exact) mass is 411 g/mol. The summed E-state index contributed by atoms with van der Waals surface area (Å²) in [7, 11) is 3.49. The molecule has 4 rings (SSSR count). The van der Waals surface area contributed by atoms with Gasteiger partial charge in [0, 0.05) is 39.5 Å². The third-order valence-corrected chi connectivity index (χ3v) is 5.08. The predicted molar refractivity (Wildman–Crippen MR) is 113 cm³/mol. The summed E-state index contributed by atoms with van der Waals surface area (Å²) in [4.78, 5) is 20.9. The number of nitrogens with one attached hydrogen (secondary N) is 3. The summed E-state index contributed by atoms with van der Waals surface area (Å²) in [5.74, 6) is 1.06. The Balaban J connectivity index is 1.72. The number of aromatic nitrogens is 6. The van der Waals surface area contributed by atoms with Crippen LogP contribution in [0.4, 0.5) is 16.8 Å². The Hall–Kier alpha value is -3.47. The standard InChI is InChI=1S/C18H21N9OS/c1-11-8-15(29-25-11)23-18-22-13-5-7-27(12-9-21-26(3)10-12)16(13)17(24-18)20-6-4-14(28)19-2/h5,7-10H,4,6H2,1-3H3,(H,19,28)(H2,20,22,23,24). The fourth-order valence-electron chi connectivity index (χ4n) is 2.92. The van der Waals surface area contributed by atoms with Crippen LogP contribution in [-0.2, 0) is 11.8 Å². The van der Waals surface area contributed by atoms with E-state index in [9.17, 15) is 4.79 Å². The molecule has 0 saturated carbocycles. The topological polar surface area (TPSA) is 115 Å². The summed E-state index contributed by atoms with van der Waals surface area (Å²) in [6, 6.07) is 3.87. The van der Waals surface area contributed by atoms with Gasteiger partial charge in [-0.3, -0.25) is 9.48 Å². The molecule has 0 aliphatic carbocycles. The number of hydrogen-bond acceptors (Lipinski definition) is 8. The number of hydrogen-bond donors (Lipinski definition) is 3. The molecule has 3 N–H and O–H groups in total. The highest BCUT2D eigenvalue weighted by Crippen LogP contribution is 2.28. The number of amides is 1. The zero-order valence-electron chi connectivity index (χ0n) is 16.3. The molecule has 1 amide bonds. The highest BCUT2D eigenvalue weighted by Gasteiger charge is 2.15. The van der Waals surface area contributed by atoms with Crippen LogP contribution in [0, 0.1) is 6.92 Å². The van der Waals surface area contributed by atoms with Crippen molar-refractivity contribution in [2.24, 2.45) is 7.05 Å². The first-order valence-corrected chi connectivity index (χ1v) is 9.84. The zero-order chi connectivity index (χ0) is 20.4. The molecule has 150 valence electrons. The van der Waals surface area contributed by atoms with Crippen molar-refractivity contribution < 1.29 is 4.79 Å². The highest BCUT2D eigenvalue weighted by molar-refractivity contribution is 7.10. The van der Waals surface area contributed by atoms with E-state index in [0.717, 1.165) is 27.4 Å². The van der Waals surface area contributed by atoms with Gasteiger partial charge in [0.15, 0.2) is 5.82 Å². The molecular weight excluding hydrogens is 390 g/mol. The van der Waals surface area contributed by atoms with Gasteiger partial charge in [0.1, 0.15) is 10.5 Å². The van der Waals surface area contributed by atoms with Crippen molar-refractivity contribution in [3.05, 3.63) is 36.4 Å². The Labute approximate surface area is 171 Å². The number of carbonyl (C=O) groups is 1. The van der Waals surface area contributed by atoms with Gasteiger partial charge >= 0.3 is 0 Å². The number of aryl methyl sites for hydroxylation is 2. The summed E-state index contributed by atoms with van der Waals surface area (Å²) in [5.41, 5.74) is 3.43. The first-order chi connectivity index (χ1) is 14.0. The van der Waals surface area contributed by atoms with Crippen LogP contribution >= 0.6 is 11.5 Å². The van der Waals surface area contributed by atoms with Crippen LogP contribution in [0.25, 0.3) is 16.7 Å². The predicted octanol–water partition coefficient (Wildman–Crippen LogP) is 2.21. The van der Waals surface area contributed by atoms with E-state index in [-0.39, 0.29) is 5.91 Å². The van der Waals surface area contributed by atoms with Gasteiger partial charge in [-0.25, -0.2) is 4.98 Å². The summed E-state index contributed by atoms with van der Waals surface area (Å²) in [6.45, 7) is 2.38. The van der Waals surface area contributed by atoms with E-state index < -0.39 is 0 Å². The largest absolute Gasteiger partial charge is 0.368 e. The molecule has 4 heterocycles. The lowest BCUT2D eigenvalue weighted by Crippen LogP contribution is -2.21. The number of rotatable bonds is 7. The summed E-state index contributed by atoms with van der Waals surface area (Å²) in [5, 5.41) is 14.2. The van der Waals surface area contributed by atoms with Crippen molar-refractivity contribution in [3.63, 3.8) is 0 Å². The number of nitrogens with zero attached hydrogens (tertiary/aromatic N) is 6. The van der Waals surface area contributed by atoms with Crippen molar-refractivity contribution in [3.8, 4) is 5.69 Å². The second kappa shape index (κ2) is 7.87. The smallest absolute Gasteiger partial charge is 0.230 e. The lowest BCUT2D eigenvalue weighted by Gasteiger charge is -2.11. The van der Waals surface area contributed by atoms with Crippen LogP contribution in [0.2, 0.25) is 0 Å². The van der Waals surface area contributed by atoms with Crippen molar-refractivity contribution >= 4 is 45.2 Å². The Bertz CT molecular complexity index is 1160. The molecule has 4 aromatic heterocycles. The average molecular weight is 411 g/mol. The van der Waals surface area contributed by atoms with Gasteiger partial charge in [0.05, 0.1) is 23.1 Å². The van der Waals surface area contributed by atoms with Gasteiger partial charge in [0.25, 0.3) is 0 Å². The van der Waals surface area contributed by atoms with Crippen LogP contribution in [-0.4, -0.2) is 48.2 Å². The van der Waals surface area contributed by atoms with Crippen LogP contribution in [0.1, 0.15) is 12.1 Å². The fourth-order valence-corrected chi connectivity index (χ4v) is 3.58. The average Bonchev–Trinajstić information content (AvgIpc) is 3.41. The van der Waals surface area contributed by atoms with E-state index in [1.807, 2.05) is 43.1 Å². The molecule has 10 nitrogen and oxygen atoms in total. The maximum absolute atomic E-state index is 11.6. The van der Waals surface area contributed by atoms with Crippen LogP contribution in [0.3, 0.4) is 0 Å². The van der Waals surface area contributed by atoms with Gasteiger partial charge in [-0.05, 0) is 30.6 Å². The van der Waals surface area contributed by atoms with Gasteiger partial charge < -0.3 is 20.5 Å². The third kappa shape index (κ3) is 4.04. The second-order valence-corrected chi connectivity index (χ2v) is 7.30. The maximum Gasteiger partial charge on any atom is 0.230 e. The van der Waals surface area contributed by atoms with Gasteiger partial charge in [-0.15, -0.1) is 0 Å². The first kappa shape index (κ1) is 18.9. The molecule has 0 fully saturated rings. The minimum absolute atomic E-state index is 0.0380. The van der Waals surface area contributed by atoms with Crippen molar-refractivity contribution in [1.29, 1.82) is 0 Å². The van der Waals surface area contributed by atoms with Crippen LogP contribution in [0.5, 0.6) is 0 Å². The van der Waals surface area contributed by atoms with E-state index in [0.29, 0.717) is 24.7 Å². The second-order valence-electron chi connectivity index (χ2n) is 6.50. The van der Waals surface area contributed by atoms with Crippen molar-refractivity contribution in [2.75, 3.05) is 24.2 Å². The minimum Gasteiger partial charge on any atom is -0.368 e. The SMILES string of the molecule is CNC(=O)CCNc1nc(Nc2cc(C)ns2)nc2ccn(-c3cnn(C)c3)c12. The lowest BCUT2D eigenvalue weighted by atomic mass is 10.3. The zero-order valence-corrected chi connectivity index (χ0v) is 17.1. The number of carbonyl (C=O) groups excluding carboxylic acids is 1. The maximum atomic E-state index is 11.6. The molecule has 0 bridgehead atoms. The van der Waals surface area contributed by atoms with Gasteiger partial charge in [0.2, 0.25) is 11.9 Å². The summed E-state index contributed by atoms with van der Waals surface area (Å²) >= 11 is 1.35. The van der Waals surface area contributed by atoms with Gasteiger partial charge in [-0.2, -0.15) is 14.5 Å². The molecule has 0 saturated heterocycles. The summed E-state index contributed by atoms with van der Waals surface area (Å²) in [6.07, 6.45) is 5.97. The minimum atomic E-state index is -0.0380. The lowest BCUT2D eigenvalue weighted by molar-refractivity contribution is -0.120. The van der Waals surface area contributed by atoms with Crippen LogP contribution < -0.4 is 16.0 Å². The summed E-state index contributed by atoms with van der Waals surface area (Å²) < 4.78 is 7.99. The molecule has 29 heavy (non-hydrogen) atoms. The van der Waals surface area contributed by atoms with Gasteiger partial charge in [-0.1, -0.05) is 0 Å². The normalized spacial score (nSPS) is 11.0. The Morgan fingerprint density at radius 1 is 1.31 bits per heavy atom. The van der Waals surface area contributed by atoms with E-state index in [1.54, 1.807) is 17.9 Å². The Kier molecular flexibility index (Phi) is 5.12. The molecule has 0 unspecified atom stereocenters. The molecule has 0 spiro atoms. The Morgan fingerprint density at radius 2 is 2.17 bits per heavy atom. The third-order valence-electron chi connectivity index (χ3n) is 4.29. The molecule has 0 aromatic carbocycles. The van der Waals surface area contributed by atoms with E-state index in [4.69, 9.17) is 0 Å². The van der Waals surface area contributed by atoms with Crippen molar-refractivity contribution in [2.45, 2.75) is 13.3 Å². The molecule has 0 radical (unpaired) electrons. The number of anilines is 3. The van der Waals surface area contributed by atoms with Crippen LogP contribution in [0.15, 0.2) is 30.7 Å². The van der Waals surface area contributed by atoms with Crippen molar-refractivity contribution in [1.82, 2.24) is 34.0 Å². The molecule has 11 heteroatoms. The molecule has 0 atom stereocenters. The molecule has 4 aromatic rings. The molecule has 0 aliphatic heterocycles. The first-order valence-electron chi connectivity index (χ1n) is 9.06. The Morgan fingerprint density at radius 3 is 2.86 bits per heavy atom. The van der Waals surface area contributed by atoms with E-state index in [1.165, 1.54) is 11.5 Å². The quantitative estimate of drug-likeness (QED) is 0.427. The highest BCUT2D eigenvalue weighted by atomic mass is 32.1. The van der Waals surface area contributed by atoms with E-state index in [2.05, 4.69) is 35.4 Å². The molecular formula is C18H21N9OS. The van der Waals surface area contributed by atoms with E-state index >= 15 is 0 Å².